The second-order valence-corrected chi connectivity index (χ2v) is 7.54. The van der Waals surface area contributed by atoms with E-state index in [4.69, 9.17) is 12.2 Å². The van der Waals surface area contributed by atoms with Crippen molar-refractivity contribution >= 4 is 29.5 Å². The molecule has 1 heterocycles. The van der Waals surface area contributed by atoms with Gasteiger partial charge in [-0.25, -0.2) is 0 Å². The van der Waals surface area contributed by atoms with Crippen LogP contribution in [0.1, 0.15) is 24.1 Å². The lowest BCUT2D eigenvalue weighted by molar-refractivity contribution is -0.122. The first-order valence-corrected chi connectivity index (χ1v) is 9.43. The number of aryl methyl sites for hydroxylation is 1. The highest BCUT2D eigenvalue weighted by molar-refractivity contribution is 7.73. The molecule has 3 nitrogen and oxygen atoms in total. The topological polar surface area (TPSA) is 34.0 Å². The number of rotatable bonds is 5. The molecule has 1 unspecified atom stereocenters. The molecule has 0 aliphatic rings. The summed E-state index contributed by atoms with van der Waals surface area (Å²) >= 11 is 6.91. The van der Waals surface area contributed by atoms with Gasteiger partial charge in [0.2, 0.25) is 5.91 Å². The SMILES string of the molecule is Cc1ccc(-c2csc(=S)n2CC(=O)NC(C)c2ccccc2)cc1. The van der Waals surface area contributed by atoms with Crippen molar-refractivity contribution in [2.24, 2.45) is 0 Å². The number of aromatic nitrogens is 1. The van der Waals surface area contributed by atoms with Gasteiger partial charge in [-0.1, -0.05) is 60.2 Å². The van der Waals surface area contributed by atoms with Gasteiger partial charge < -0.3 is 9.88 Å². The molecular weight excluding hydrogens is 348 g/mol. The van der Waals surface area contributed by atoms with Crippen LogP contribution in [-0.4, -0.2) is 10.5 Å². The summed E-state index contributed by atoms with van der Waals surface area (Å²) in [5.74, 6) is -0.0424. The summed E-state index contributed by atoms with van der Waals surface area (Å²) in [5, 5.41) is 5.06. The standard InChI is InChI=1S/C20H20N2OS2/c1-14-8-10-17(11-9-14)18-13-25-20(24)22(18)12-19(23)21-15(2)16-6-4-3-5-7-16/h3-11,13,15H,12H2,1-2H3,(H,21,23). The molecule has 3 rings (SSSR count). The van der Waals surface area contributed by atoms with Crippen molar-refractivity contribution in [2.45, 2.75) is 26.4 Å². The molecule has 0 fully saturated rings. The molecule has 0 saturated heterocycles. The monoisotopic (exact) mass is 368 g/mol. The van der Waals surface area contributed by atoms with E-state index < -0.39 is 0 Å². The molecule has 0 saturated carbocycles. The summed E-state index contributed by atoms with van der Waals surface area (Å²) in [4.78, 5) is 12.5. The normalized spacial score (nSPS) is 11.9. The quantitative estimate of drug-likeness (QED) is 0.633. The molecule has 2 aromatic carbocycles. The van der Waals surface area contributed by atoms with Crippen LogP contribution < -0.4 is 5.32 Å². The van der Waals surface area contributed by atoms with Gasteiger partial charge in [0.25, 0.3) is 0 Å². The van der Waals surface area contributed by atoms with Gasteiger partial charge in [0.05, 0.1) is 11.7 Å². The number of nitrogens with one attached hydrogen (secondary N) is 1. The Balaban J connectivity index is 1.77. The van der Waals surface area contributed by atoms with Crippen LogP contribution in [0.5, 0.6) is 0 Å². The third kappa shape index (κ3) is 4.24. The van der Waals surface area contributed by atoms with Crippen molar-refractivity contribution in [3.8, 4) is 11.3 Å². The van der Waals surface area contributed by atoms with Crippen LogP contribution in [0.15, 0.2) is 60.0 Å². The minimum absolute atomic E-state index is 0.0377. The average molecular weight is 369 g/mol. The smallest absolute Gasteiger partial charge is 0.240 e. The summed E-state index contributed by atoms with van der Waals surface area (Å²) in [6.45, 7) is 4.27. The van der Waals surface area contributed by atoms with Gasteiger partial charge in [-0.05, 0) is 37.2 Å². The third-order valence-electron chi connectivity index (χ3n) is 4.11. The molecule has 1 atom stereocenters. The van der Waals surface area contributed by atoms with Crippen molar-refractivity contribution in [3.63, 3.8) is 0 Å². The number of benzene rings is 2. The van der Waals surface area contributed by atoms with Crippen molar-refractivity contribution in [1.82, 2.24) is 9.88 Å². The van der Waals surface area contributed by atoms with Crippen LogP contribution in [0.3, 0.4) is 0 Å². The maximum Gasteiger partial charge on any atom is 0.240 e. The first-order chi connectivity index (χ1) is 12.0. The number of hydrogen-bond donors (Lipinski definition) is 1. The molecule has 25 heavy (non-hydrogen) atoms. The van der Waals surface area contributed by atoms with Gasteiger partial charge >= 0.3 is 0 Å². The molecule has 3 aromatic rings. The zero-order chi connectivity index (χ0) is 17.8. The lowest BCUT2D eigenvalue weighted by Crippen LogP contribution is -2.30. The Labute approximate surface area is 157 Å². The minimum atomic E-state index is -0.0424. The lowest BCUT2D eigenvalue weighted by Gasteiger charge is -2.15. The van der Waals surface area contributed by atoms with E-state index >= 15 is 0 Å². The number of amides is 1. The van der Waals surface area contributed by atoms with E-state index in [2.05, 4.69) is 36.5 Å². The third-order valence-corrected chi connectivity index (χ3v) is 5.38. The fraction of sp³-hybridized carbons (Fsp3) is 0.200. The Bertz CT molecular complexity index is 911. The summed E-state index contributed by atoms with van der Waals surface area (Å²) in [6, 6.07) is 18.2. The van der Waals surface area contributed by atoms with E-state index in [0.29, 0.717) is 3.95 Å². The largest absolute Gasteiger partial charge is 0.348 e. The Morgan fingerprint density at radius 3 is 2.52 bits per heavy atom. The molecule has 5 heteroatoms. The van der Waals surface area contributed by atoms with Crippen LogP contribution in [0, 0.1) is 10.9 Å². The summed E-state index contributed by atoms with van der Waals surface area (Å²) < 4.78 is 2.61. The van der Waals surface area contributed by atoms with E-state index in [1.54, 1.807) is 0 Å². The van der Waals surface area contributed by atoms with Crippen molar-refractivity contribution in [2.75, 3.05) is 0 Å². The number of carbonyl (C=O) groups excluding carboxylic acids is 1. The number of nitrogens with zero attached hydrogens (tertiary/aromatic N) is 1. The van der Waals surface area contributed by atoms with Gasteiger partial charge in [0.1, 0.15) is 6.54 Å². The minimum Gasteiger partial charge on any atom is -0.348 e. The highest BCUT2D eigenvalue weighted by Gasteiger charge is 2.13. The van der Waals surface area contributed by atoms with E-state index in [0.717, 1.165) is 16.8 Å². The highest BCUT2D eigenvalue weighted by Crippen LogP contribution is 2.24. The molecule has 0 aliphatic heterocycles. The van der Waals surface area contributed by atoms with Gasteiger partial charge in [-0.2, -0.15) is 0 Å². The molecule has 128 valence electrons. The Morgan fingerprint density at radius 2 is 1.84 bits per heavy atom. The maximum absolute atomic E-state index is 12.5. The van der Waals surface area contributed by atoms with Crippen LogP contribution in [-0.2, 0) is 11.3 Å². The van der Waals surface area contributed by atoms with Crippen LogP contribution >= 0.6 is 23.6 Å². The first kappa shape index (κ1) is 17.6. The second-order valence-electron chi connectivity index (χ2n) is 6.04. The van der Waals surface area contributed by atoms with Crippen LogP contribution in [0.2, 0.25) is 0 Å². The molecule has 0 radical (unpaired) electrons. The van der Waals surface area contributed by atoms with Crippen molar-refractivity contribution in [3.05, 3.63) is 75.1 Å². The van der Waals surface area contributed by atoms with Crippen molar-refractivity contribution in [1.29, 1.82) is 0 Å². The highest BCUT2D eigenvalue weighted by atomic mass is 32.1. The Kier molecular flexibility index (Phi) is 5.46. The van der Waals surface area contributed by atoms with E-state index in [1.807, 2.05) is 47.2 Å². The van der Waals surface area contributed by atoms with Crippen LogP contribution in [0.4, 0.5) is 0 Å². The zero-order valence-corrected chi connectivity index (χ0v) is 15.9. The fourth-order valence-corrected chi connectivity index (χ4v) is 3.76. The molecule has 0 bridgehead atoms. The van der Waals surface area contributed by atoms with Gasteiger partial charge in [0, 0.05) is 5.38 Å². The predicted octanol–water partition coefficient (Wildman–Crippen LogP) is 5.13. The fourth-order valence-electron chi connectivity index (χ4n) is 2.69. The van der Waals surface area contributed by atoms with E-state index in [1.165, 1.54) is 16.9 Å². The summed E-state index contributed by atoms with van der Waals surface area (Å²) in [5.41, 5.74) is 4.35. The number of carbonyl (C=O) groups is 1. The molecule has 0 spiro atoms. The summed E-state index contributed by atoms with van der Waals surface area (Å²) in [7, 11) is 0. The average Bonchev–Trinajstić information content (AvgIpc) is 2.97. The van der Waals surface area contributed by atoms with Gasteiger partial charge in [-0.3, -0.25) is 4.79 Å². The Hall–Kier alpha value is -2.24. The molecular formula is C20H20N2OS2. The second kappa shape index (κ2) is 7.76. The predicted molar refractivity (Wildman–Crippen MR) is 106 cm³/mol. The van der Waals surface area contributed by atoms with Gasteiger partial charge in [-0.15, -0.1) is 11.3 Å². The maximum atomic E-state index is 12.5. The van der Waals surface area contributed by atoms with E-state index in [-0.39, 0.29) is 18.5 Å². The lowest BCUT2D eigenvalue weighted by atomic mass is 10.1. The summed E-state index contributed by atoms with van der Waals surface area (Å²) in [6.07, 6.45) is 0. The van der Waals surface area contributed by atoms with E-state index in [9.17, 15) is 4.79 Å². The van der Waals surface area contributed by atoms with Crippen LogP contribution in [0.25, 0.3) is 11.3 Å². The molecule has 1 aromatic heterocycles. The molecule has 1 amide bonds. The molecule has 1 N–H and O–H groups in total. The molecule has 0 aliphatic carbocycles. The van der Waals surface area contributed by atoms with Crippen molar-refractivity contribution < 1.29 is 4.79 Å². The Morgan fingerprint density at radius 1 is 1.16 bits per heavy atom. The van der Waals surface area contributed by atoms with Gasteiger partial charge in [0.15, 0.2) is 3.95 Å². The number of hydrogen-bond acceptors (Lipinski definition) is 3. The first-order valence-electron chi connectivity index (χ1n) is 8.14. The number of thiazole rings is 1. The zero-order valence-electron chi connectivity index (χ0n) is 14.2.